The van der Waals surface area contributed by atoms with E-state index in [0.29, 0.717) is 6.54 Å². The summed E-state index contributed by atoms with van der Waals surface area (Å²) in [5, 5.41) is 9.19. The van der Waals surface area contributed by atoms with E-state index >= 15 is 0 Å². The van der Waals surface area contributed by atoms with Gasteiger partial charge in [-0.3, -0.25) is 9.78 Å². The Balaban J connectivity index is 1.93. The predicted molar refractivity (Wildman–Crippen MR) is 75.0 cm³/mol. The highest BCUT2D eigenvalue weighted by Gasteiger charge is 2.33. The van der Waals surface area contributed by atoms with Gasteiger partial charge in [0.2, 0.25) is 0 Å². The van der Waals surface area contributed by atoms with Gasteiger partial charge in [0.25, 0.3) is 5.91 Å². The minimum absolute atomic E-state index is 0.00320. The number of carboxylic acids is 1. The smallest absolute Gasteiger partial charge is 0.338 e. The van der Waals surface area contributed by atoms with Crippen LogP contribution in [0.25, 0.3) is 0 Å². The molecule has 1 saturated heterocycles. The molecule has 0 aromatic carbocycles. The van der Waals surface area contributed by atoms with Crippen molar-refractivity contribution in [2.45, 2.75) is 18.9 Å². The van der Waals surface area contributed by atoms with Crippen LogP contribution in [-0.2, 0) is 0 Å². The zero-order valence-corrected chi connectivity index (χ0v) is 11.3. The second kappa shape index (κ2) is 5.40. The number of pyridine rings is 1. The molecule has 6 heteroatoms. The van der Waals surface area contributed by atoms with Gasteiger partial charge in [0.05, 0.1) is 11.6 Å². The highest BCUT2D eigenvalue weighted by Crippen LogP contribution is 2.32. The Morgan fingerprint density at radius 3 is 2.90 bits per heavy atom. The van der Waals surface area contributed by atoms with Gasteiger partial charge < -0.3 is 15.0 Å². The third-order valence-corrected chi connectivity index (χ3v) is 3.74. The number of nitrogens with zero attached hydrogens (tertiary/aromatic N) is 2. The molecular weight excluding hydrogens is 270 g/mol. The minimum atomic E-state index is -1.14. The number of carbonyl (C=O) groups excluding carboxylic acids is 1. The van der Waals surface area contributed by atoms with Crippen molar-refractivity contribution in [2.24, 2.45) is 0 Å². The van der Waals surface area contributed by atoms with Crippen LogP contribution in [0.5, 0.6) is 0 Å². The van der Waals surface area contributed by atoms with E-state index in [1.165, 1.54) is 18.3 Å². The quantitative estimate of drug-likeness (QED) is 0.904. The summed E-state index contributed by atoms with van der Waals surface area (Å²) in [5.41, 5.74) is 0.914. The second-order valence-electron chi connectivity index (χ2n) is 4.99. The summed E-state index contributed by atoms with van der Waals surface area (Å²) in [5.74, 6) is -1.47. The molecule has 0 bridgehead atoms. The van der Waals surface area contributed by atoms with Gasteiger partial charge in [0.1, 0.15) is 5.69 Å². The van der Waals surface area contributed by atoms with Gasteiger partial charge in [-0.05, 0) is 37.1 Å². The molecule has 1 amide bonds. The van der Waals surface area contributed by atoms with Gasteiger partial charge in [0.15, 0.2) is 0 Å². The molecular formula is C15H15N3O3. The van der Waals surface area contributed by atoms with Crippen LogP contribution in [0.3, 0.4) is 0 Å². The first-order valence-corrected chi connectivity index (χ1v) is 6.81. The van der Waals surface area contributed by atoms with Crippen LogP contribution in [0, 0.1) is 0 Å². The SMILES string of the molecule is O=C(O)c1cccnc1C(=O)N1CCCC1c1ccc[nH]1. The van der Waals surface area contributed by atoms with Crippen molar-refractivity contribution in [1.29, 1.82) is 0 Å². The summed E-state index contributed by atoms with van der Waals surface area (Å²) < 4.78 is 0. The van der Waals surface area contributed by atoms with Crippen LogP contribution in [0.15, 0.2) is 36.7 Å². The maximum Gasteiger partial charge on any atom is 0.338 e. The zero-order valence-electron chi connectivity index (χ0n) is 11.3. The third kappa shape index (κ3) is 2.40. The zero-order chi connectivity index (χ0) is 14.8. The molecule has 1 aliphatic heterocycles. The highest BCUT2D eigenvalue weighted by molar-refractivity contribution is 6.03. The van der Waals surface area contributed by atoms with Crippen molar-refractivity contribution in [2.75, 3.05) is 6.54 Å². The lowest BCUT2D eigenvalue weighted by molar-refractivity contribution is 0.0665. The molecule has 2 N–H and O–H groups in total. The van der Waals surface area contributed by atoms with Crippen molar-refractivity contribution >= 4 is 11.9 Å². The number of carbonyl (C=O) groups is 2. The number of nitrogens with one attached hydrogen (secondary N) is 1. The maximum absolute atomic E-state index is 12.7. The number of aromatic amines is 1. The van der Waals surface area contributed by atoms with Gasteiger partial charge in [-0.2, -0.15) is 0 Å². The van der Waals surface area contributed by atoms with Crippen LogP contribution in [0.4, 0.5) is 0 Å². The second-order valence-corrected chi connectivity index (χ2v) is 4.99. The fourth-order valence-electron chi connectivity index (χ4n) is 2.77. The maximum atomic E-state index is 12.7. The van der Waals surface area contributed by atoms with Crippen LogP contribution < -0.4 is 0 Å². The van der Waals surface area contributed by atoms with E-state index in [0.717, 1.165) is 18.5 Å². The summed E-state index contributed by atoms with van der Waals surface area (Å²) in [7, 11) is 0. The van der Waals surface area contributed by atoms with Gasteiger partial charge in [-0.25, -0.2) is 4.79 Å². The standard InChI is InChI=1S/C15H15N3O3/c19-14(13-10(15(20)21)4-1-8-17-13)18-9-3-6-12(18)11-5-2-7-16-11/h1-2,4-5,7-8,12,16H,3,6,9H2,(H,20,21). The Bertz CT molecular complexity index is 667. The molecule has 2 aromatic heterocycles. The monoisotopic (exact) mass is 285 g/mol. The van der Waals surface area contributed by atoms with Crippen molar-refractivity contribution in [3.05, 3.63) is 53.6 Å². The Morgan fingerprint density at radius 2 is 2.19 bits per heavy atom. The number of aromatic nitrogens is 2. The van der Waals surface area contributed by atoms with E-state index in [4.69, 9.17) is 0 Å². The number of hydrogen-bond acceptors (Lipinski definition) is 3. The summed E-state index contributed by atoms with van der Waals surface area (Å²) in [6.45, 7) is 0.609. The number of amides is 1. The van der Waals surface area contributed by atoms with Crippen molar-refractivity contribution < 1.29 is 14.7 Å². The van der Waals surface area contributed by atoms with E-state index in [2.05, 4.69) is 9.97 Å². The molecule has 108 valence electrons. The van der Waals surface area contributed by atoms with Crippen LogP contribution in [0.2, 0.25) is 0 Å². The van der Waals surface area contributed by atoms with E-state index in [9.17, 15) is 14.7 Å². The largest absolute Gasteiger partial charge is 0.478 e. The molecule has 3 heterocycles. The number of hydrogen-bond donors (Lipinski definition) is 2. The summed E-state index contributed by atoms with van der Waals surface area (Å²) in [6.07, 6.45) is 5.02. The van der Waals surface area contributed by atoms with Gasteiger partial charge >= 0.3 is 5.97 Å². The molecule has 6 nitrogen and oxygen atoms in total. The first kappa shape index (κ1) is 13.4. The predicted octanol–water partition coefficient (Wildman–Crippen LogP) is 2.09. The molecule has 0 saturated carbocycles. The Labute approximate surface area is 121 Å². The Kier molecular flexibility index (Phi) is 3.43. The lowest BCUT2D eigenvalue weighted by Gasteiger charge is -2.24. The highest BCUT2D eigenvalue weighted by atomic mass is 16.4. The van der Waals surface area contributed by atoms with Crippen molar-refractivity contribution in [3.8, 4) is 0 Å². The molecule has 0 aliphatic carbocycles. The number of carboxylic acid groups (broad SMARTS) is 1. The number of H-pyrrole nitrogens is 1. The Hall–Kier alpha value is -2.63. The average Bonchev–Trinajstić information content (AvgIpc) is 3.16. The van der Waals surface area contributed by atoms with E-state index in [-0.39, 0.29) is 23.2 Å². The topological polar surface area (TPSA) is 86.3 Å². The molecule has 21 heavy (non-hydrogen) atoms. The summed E-state index contributed by atoms with van der Waals surface area (Å²) in [6, 6.07) is 6.71. The molecule has 2 aromatic rings. The molecule has 3 rings (SSSR count). The van der Waals surface area contributed by atoms with Crippen molar-refractivity contribution in [3.63, 3.8) is 0 Å². The molecule has 0 spiro atoms. The number of aromatic carboxylic acids is 1. The summed E-state index contributed by atoms with van der Waals surface area (Å²) >= 11 is 0. The Morgan fingerprint density at radius 1 is 1.33 bits per heavy atom. The van der Waals surface area contributed by atoms with Gasteiger partial charge in [-0.1, -0.05) is 0 Å². The molecule has 0 radical (unpaired) electrons. The van der Waals surface area contributed by atoms with E-state index < -0.39 is 5.97 Å². The first-order chi connectivity index (χ1) is 10.2. The molecule has 1 atom stereocenters. The van der Waals surface area contributed by atoms with Gasteiger partial charge in [-0.15, -0.1) is 0 Å². The van der Waals surface area contributed by atoms with Crippen LogP contribution in [0.1, 0.15) is 45.4 Å². The number of rotatable bonds is 3. The average molecular weight is 285 g/mol. The van der Waals surface area contributed by atoms with E-state index in [1.807, 2.05) is 18.3 Å². The molecule has 1 fully saturated rings. The molecule has 1 unspecified atom stereocenters. The first-order valence-electron chi connectivity index (χ1n) is 6.81. The summed E-state index contributed by atoms with van der Waals surface area (Å²) in [4.78, 5) is 32.7. The fraction of sp³-hybridized carbons (Fsp3) is 0.267. The molecule has 1 aliphatic rings. The lowest BCUT2D eigenvalue weighted by Crippen LogP contribution is -2.32. The third-order valence-electron chi connectivity index (χ3n) is 3.74. The van der Waals surface area contributed by atoms with Crippen molar-refractivity contribution in [1.82, 2.24) is 14.9 Å². The van der Waals surface area contributed by atoms with Crippen LogP contribution in [-0.4, -0.2) is 38.4 Å². The van der Waals surface area contributed by atoms with E-state index in [1.54, 1.807) is 4.90 Å². The minimum Gasteiger partial charge on any atom is -0.478 e. The number of likely N-dealkylation sites (tertiary alicyclic amines) is 1. The van der Waals surface area contributed by atoms with Crippen LogP contribution >= 0.6 is 0 Å². The normalized spacial score (nSPS) is 17.9. The lowest BCUT2D eigenvalue weighted by atomic mass is 10.1. The fourth-order valence-corrected chi connectivity index (χ4v) is 2.77. The van der Waals surface area contributed by atoms with Gasteiger partial charge in [0, 0.05) is 24.6 Å².